The van der Waals surface area contributed by atoms with Crippen LogP contribution in [0.2, 0.25) is 0 Å². The van der Waals surface area contributed by atoms with Gasteiger partial charge < -0.3 is 19.5 Å². The van der Waals surface area contributed by atoms with Gasteiger partial charge >= 0.3 is 0 Å². The molecule has 0 radical (unpaired) electrons. The van der Waals surface area contributed by atoms with Gasteiger partial charge in [0.25, 0.3) is 0 Å². The molecule has 1 aliphatic heterocycles. The molecule has 4 rings (SSSR count). The zero-order valence-corrected chi connectivity index (χ0v) is 20.6. The summed E-state index contributed by atoms with van der Waals surface area (Å²) in [5, 5.41) is 0. The normalized spacial score (nSPS) is 15.8. The zero-order valence-electron chi connectivity index (χ0n) is 20.6. The lowest BCUT2D eigenvalue weighted by Gasteiger charge is -2.20. The molecule has 0 unspecified atom stereocenters. The number of amides is 1. The van der Waals surface area contributed by atoms with Crippen LogP contribution in [0.15, 0.2) is 36.4 Å². The predicted octanol–water partition coefficient (Wildman–Crippen LogP) is 4.77. The third kappa shape index (κ3) is 5.56. The summed E-state index contributed by atoms with van der Waals surface area (Å²) >= 11 is 0. The number of aryl methyl sites for hydroxylation is 1. The summed E-state index contributed by atoms with van der Waals surface area (Å²) in [6.07, 6.45) is 1.44. The molecule has 33 heavy (non-hydrogen) atoms. The fraction of sp³-hybridized carbons (Fsp3) is 0.481. The van der Waals surface area contributed by atoms with Crippen molar-refractivity contribution in [2.75, 3.05) is 39.8 Å². The Hall–Kier alpha value is -2.86. The van der Waals surface area contributed by atoms with Crippen LogP contribution in [0.1, 0.15) is 44.7 Å². The summed E-state index contributed by atoms with van der Waals surface area (Å²) in [5.74, 6) is 1.98. The highest BCUT2D eigenvalue weighted by atomic mass is 16.5. The summed E-state index contributed by atoms with van der Waals surface area (Å²) in [6.45, 7) is 12.7. The van der Waals surface area contributed by atoms with Crippen LogP contribution >= 0.6 is 0 Å². The van der Waals surface area contributed by atoms with E-state index in [2.05, 4.69) is 75.0 Å². The predicted molar refractivity (Wildman–Crippen MR) is 134 cm³/mol. The van der Waals surface area contributed by atoms with Crippen LogP contribution in [-0.2, 0) is 10.2 Å². The van der Waals surface area contributed by atoms with E-state index in [0.717, 1.165) is 66.3 Å². The molecule has 1 fully saturated rings. The van der Waals surface area contributed by atoms with E-state index in [1.165, 1.54) is 5.56 Å². The Morgan fingerprint density at radius 2 is 1.91 bits per heavy atom. The van der Waals surface area contributed by atoms with Crippen LogP contribution < -0.4 is 4.74 Å². The van der Waals surface area contributed by atoms with Crippen LogP contribution in [-0.4, -0.2) is 65.5 Å². The number of carbonyl (C=O) groups is 1. The lowest BCUT2D eigenvalue weighted by atomic mass is 9.87. The van der Waals surface area contributed by atoms with Gasteiger partial charge in [-0.15, -0.1) is 0 Å². The quantitative estimate of drug-likeness (QED) is 0.552. The molecular formula is C27H36N4O2. The second kappa shape index (κ2) is 9.56. The maximum absolute atomic E-state index is 12.2. The van der Waals surface area contributed by atoms with Gasteiger partial charge in [-0.05, 0) is 67.3 Å². The minimum absolute atomic E-state index is 0.0963. The number of benzene rings is 2. The van der Waals surface area contributed by atoms with Crippen molar-refractivity contribution in [2.24, 2.45) is 0 Å². The van der Waals surface area contributed by atoms with Gasteiger partial charge in [0.1, 0.15) is 11.6 Å². The number of ether oxygens (including phenoxy) is 1. The first-order valence-electron chi connectivity index (χ1n) is 11.9. The molecule has 1 saturated heterocycles. The Morgan fingerprint density at radius 3 is 2.67 bits per heavy atom. The van der Waals surface area contributed by atoms with E-state index in [-0.39, 0.29) is 11.3 Å². The molecule has 6 heteroatoms. The number of aromatic amines is 1. The Morgan fingerprint density at radius 1 is 1.09 bits per heavy atom. The maximum Gasteiger partial charge on any atom is 0.223 e. The van der Waals surface area contributed by atoms with Gasteiger partial charge in [0.15, 0.2) is 0 Å². The van der Waals surface area contributed by atoms with Crippen LogP contribution in [0.5, 0.6) is 5.75 Å². The maximum atomic E-state index is 12.2. The number of fused-ring (bicyclic) bond motifs is 1. The molecule has 0 saturated carbocycles. The van der Waals surface area contributed by atoms with E-state index in [0.29, 0.717) is 13.0 Å². The molecule has 2 aromatic carbocycles. The molecule has 0 aliphatic carbocycles. The molecular weight excluding hydrogens is 412 g/mol. The van der Waals surface area contributed by atoms with Gasteiger partial charge in [0.2, 0.25) is 5.91 Å². The number of imidazole rings is 1. The Bertz CT molecular complexity index is 1130. The van der Waals surface area contributed by atoms with Crippen LogP contribution in [0.25, 0.3) is 22.4 Å². The lowest BCUT2D eigenvalue weighted by Crippen LogP contribution is -2.34. The summed E-state index contributed by atoms with van der Waals surface area (Å²) in [5.41, 5.74) is 5.61. The topological polar surface area (TPSA) is 61.5 Å². The number of hydrogen-bond donors (Lipinski definition) is 1. The van der Waals surface area contributed by atoms with Crippen molar-refractivity contribution in [3.8, 4) is 17.1 Å². The smallest absolute Gasteiger partial charge is 0.223 e. The van der Waals surface area contributed by atoms with Gasteiger partial charge in [-0.2, -0.15) is 0 Å². The molecule has 1 aliphatic rings. The number of likely N-dealkylation sites (N-methyl/N-ethyl adjacent to an activating group) is 1. The highest BCUT2D eigenvalue weighted by Crippen LogP contribution is 2.29. The molecule has 3 aromatic rings. The van der Waals surface area contributed by atoms with Gasteiger partial charge in [-0.25, -0.2) is 4.98 Å². The molecule has 0 spiro atoms. The number of hydrogen-bond acceptors (Lipinski definition) is 4. The van der Waals surface area contributed by atoms with Crippen molar-refractivity contribution in [2.45, 2.75) is 46.0 Å². The van der Waals surface area contributed by atoms with Crippen molar-refractivity contribution in [1.29, 1.82) is 0 Å². The monoisotopic (exact) mass is 448 g/mol. The molecule has 0 bridgehead atoms. The second-order valence-corrected chi connectivity index (χ2v) is 10.2. The minimum atomic E-state index is 0.0963. The molecule has 1 amide bonds. The first-order chi connectivity index (χ1) is 15.7. The lowest BCUT2D eigenvalue weighted by molar-refractivity contribution is -0.130. The fourth-order valence-corrected chi connectivity index (χ4v) is 4.25. The molecule has 2 heterocycles. The highest BCUT2D eigenvalue weighted by molar-refractivity contribution is 5.81. The third-order valence-electron chi connectivity index (χ3n) is 6.45. The van der Waals surface area contributed by atoms with E-state index < -0.39 is 0 Å². The first-order valence-corrected chi connectivity index (χ1v) is 11.9. The molecule has 0 atom stereocenters. The third-order valence-corrected chi connectivity index (χ3v) is 6.45. The van der Waals surface area contributed by atoms with Crippen LogP contribution in [0.4, 0.5) is 0 Å². The van der Waals surface area contributed by atoms with E-state index in [1.54, 1.807) is 0 Å². The summed E-state index contributed by atoms with van der Waals surface area (Å²) < 4.78 is 5.99. The van der Waals surface area contributed by atoms with Crippen molar-refractivity contribution in [3.05, 3.63) is 47.5 Å². The number of carbonyl (C=O) groups excluding carboxylic acids is 1. The Labute approximate surface area is 196 Å². The van der Waals surface area contributed by atoms with Gasteiger partial charge in [0.05, 0.1) is 17.6 Å². The van der Waals surface area contributed by atoms with Gasteiger partial charge in [-0.3, -0.25) is 4.79 Å². The number of nitrogens with zero attached hydrogens (tertiary/aromatic N) is 3. The van der Waals surface area contributed by atoms with Crippen LogP contribution in [0, 0.1) is 6.92 Å². The summed E-state index contributed by atoms with van der Waals surface area (Å²) in [7, 11) is 2.07. The van der Waals surface area contributed by atoms with Crippen molar-refractivity contribution in [1.82, 2.24) is 19.8 Å². The van der Waals surface area contributed by atoms with Crippen molar-refractivity contribution in [3.63, 3.8) is 0 Å². The first kappa shape index (κ1) is 23.3. The van der Waals surface area contributed by atoms with Crippen molar-refractivity contribution < 1.29 is 9.53 Å². The number of aromatic nitrogens is 2. The SMILES string of the molecule is Cc1cc(OCCCN2CCN(C)CCC2=O)ccc1-c1nc2cc(C(C)(C)C)ccc2[nH]1. The zero-order chi connectivity index (χ0) is 23.6. The minimum Gasteiger partial charge on any atom is -0.494 e. The molecule has 1 aromatic heterocycles. The van der Waals surface area contributed by atoms with Gasteiger partial charge in [-0.1, -0.05) is 26.8 Å². The fourth-order valence-electron chi connectivity index (χ4n) is 4.25. The molecule has 176 valence electrons. The Balaban J connectivity index is 1.37. The summed E-state index contributed by atoms with van der Waals surface area (Å²) in [4.78, 5) is 24.7. The summed E-state index contributed by atoms with van der Waals surface area (Å²) in [6, 6.07) is 12.6. The van der Waals surface area contributed by atoms with Crippen molar-refractivity contribution >= 4 is 16.9 Å². The largest absolute Gasteiger partial charge is 0.494 e. The van der Waals surface area contributed by atoms with E-state index in [4.69, 9.17) is 9.72 Å². The average molecular weight is 449 g/mol. The second-order valence-electron chi connectivity index (χ2n) is 10.2. The van der Waals surface area contributed by atoms with E-state index >= 15 is 0 Å². The number of nitrogens with one attached hydrogen (secondary N) is 1. The van der Waals surface area contributed by atoms with Crippen LogP contribution in [0.3, 0.4) is 0 Å². The average Bonchev–Trinajstić information content (AvgIpc) is 3.12. The van der Waals surface area contributed by atoms with Gasteiger partial charge in [0, 0.05) is 38.2 Å². The van der Waals surface area contributed by atoms with E-state index in [9.17, 15) is 4.79 Å². The van der Waals surface area contributed by atoms with E-state index in [1.807, 2.05) is 11.0 Å². The molecule has 1 N–H and O–H groups in total. The molecule has 6 nitrogen and oxygen atoms in total. The highest BCUT2D eigenvalue weighted by Gasteiger charge is 2.19. The Kier molecular flexibility index (Phi) is 6.75. The number of rotatable bonds is 6. The standard InChI is InChI=1S/C27H36N4O2/c1-19-17-21(33-16-6-12-31-15-14-30(5)13-11-25(31)32)8-9-22(19)26-28-23-10-7-20(27(2,3)4)18-24(23)29-26/h7-10,17-18H,6,11-16H2,1-5H3,(H,28,29). The number of H-pyrrole nitrogens is 1.